The molecule has 8 heteroatoms. The number of benzene rings is 2. The Morgan fingerprint density at radius 3 is 2.48 bits per heavy atom. The average molecular weight is 448 g/mol. The molecule has 170 valence electrons. The second-order valence-electron chi connectivity index (χ2n) is 7.69. The molecule has 0 unspecified atom stereocenters. The molecule has 2 aromatic carbocycles. The summed E-state index contributed by atoms with van der Waals surface area (Å²) in [5.74, 6) is 0.321. The largest absolute Gasteiger partial charge is 0.494 e. The normalized spacial score (nSPS) is 10.9. The van der Waals surface area contributed by atoms with Crippen molar-refractivity contribution in [2.45, 2.75) is 20.1 Å². The van der Waals surface area contributed by atoms with Crippen molar-refractivity contribution in [3.63, 3.8) is 0 Å². The van der Waals surface area contributed by atoms with Crippen LogP contribution in [-0.4, -0.2) is 28.3 Å². The monoisotopic (exact) mass is 448 g/mol. The second kappa shape index (κ2) is 9.70. The van der Waals surface area contributed by atoms with Crippen molar-refractivity contribution in [3.05, 3.63) is 100 Å². The van der Waals surface area contributed by atoms with E-state index >= 15 is 0 Å². The Morgan fingerprint density at radius 2 is 1.82 bits per heavy atom. The number of hydrogen-bond donors (Lipinski definition) is 1. The minimum absolute atomic E-state index is 0.201. The summed E-state index contributed by atoms with van der Waals surface area (Å²) >= 11 is 0. The van der Waals surface area contributed by atoms with E-state index in [4.69, 9.17) is 9.47 Å². The Kier molecular flexibility index (Phi) is 6.55. The third kappa shape index (κ3) is 5.12. The van der Waals surface area contributed by atoms with E-state index in [-0.39, 0.29) is 11.4 Å². The molecule has 0 spiro atoms. The summed E-state index contributed by atoms with van der Waals surface area (Å²) in [6.07, 6.45) is 5.39. The van der Waals surface area contributed by atoms with E-state index < -0.39 is 0 Å². The molecular weight excluding hydrogens is 423 g/mol. The van der Waals surface area contributed by atoms with Crippen molar-refractivity contribution >= 4 is 11.4 Å². The molecule has 2 aromatic heterocycles. The van der Waals surface area contributed by atoms with Gasteiger partial charge in [0.15, 0.2) is 0 Å². The molecule has 4 aromatic rings. The van der Waals surface area contributed by atoms with Gasteiger partial charge in [0.05, 0.1) is 38.0 Å². The summed E-state index contributed by atoms with van der Waals surface area (Å²) in [5, 5.41) is 3.21. The summed E-state index contributed by atoms with van der Waals surface area (Å²) < 4.78 is 27.6. The molecule has 4 rings (SSSR count). The highest BCUT2D eigenvalue weighted by molar-refractivity contribution is 5.65. The van der Waals surface area contributed by atoms with Gasteiger partial charge in [-0.25, -0.2) is 9.37 Å². The van der Waals surface area contributed by atoms with E-state index in [1.165, 1.54) is 12.1 Å². The number of hydrogen-bond acceptors (Lipinski definition) is 5. The molecule has 0 fully saturated rings. The van der Waals surface area contributed by atoms with Crippen LogP contribution in [0.2, 0.25) is 0 Å². The molecular formula is C25H25FN4O3. The van der Waals surface area contributed by atoms with E-state index in [0.717, 1.165) is 22.5 Å². The van der Waals surface area contributed by atoms with E-state index in [0.29, 0.717) is 30.3 Å². The van der Waals surface area contributed by atoms with Gasteiger partial charge in [-0.2, -0.15) is 0 Å². The molecule has 0 aliphatic rings. The molecule has 0 radical (unpaired) electrons. The molecule has 33 heavy (non-hydrogen) atoms. The average Bonchev–Trinajstić information content (AvgIpc) is 3.24. The van der Waals surface area contributed by atoms with Crippen LogP contribution in [-0.2, 0) is 17.9 Å². The van der Waals surface area contributed by atoms with Crippen molar-refractivity contribution < 1.29 is 13.9 Å². The van der Waals surface area contributed by atoms with Crippen molar-refractivity contribution in [2.24, 2.45) is 0 Å². The van der Waals surface area contributed by atoms with Crippen LogP contribution in [0.25, 0.3) is 5.69 Å². The minimum atomic E-state index is -0.315. The molecule has 0 saturated carbocycles. The van der Waals surface area contributed by atoms with Crippen LogP contribution in [0.15, 0.2) is 72.0 Å². The van der Waals surface area contributed by atoms with E-state index in [2.05, 4.69) is 10.3 Å². The number of nitrogens with one attached hydrogen (secondary N) is 1. The maximum atomic E-state index is 13.3. The molecule has 0 aliphatic heterocycles. The van der Waals surface area contributed by atoms with Crippen molar-refractivity contribution in [2.75, 3.05) is 19.5 Å². The van der Waals surface area contributed by atoms with Gasteiger partial charge in [0.1, 0.15) is 17.3 Å². The molecule has 1 N–H and O–H groups in total. The van der Waals surface area contributed by atoms with E-state index in [1.807, 2.05) is 35.9 Å². The van der Waals surface area contributed by atoms with Gasteiger partial charge in [0, 0.05) is 31.3 Å². The van der Waals surface area contributed by atoms with Gasteiger partial charge < -0.3 is 23.9 Å². The smallest absolute Gasteiger partial charge is 0.274 e. The zero-order chi connectivity index (χ0) is 23.4. The minimum Gasteiger partial charge on any atom is -0.494 e. The predicted octanol–water partition coefficient (Wildman–Crippen LogP) is 4.43. The van der Waals surface area contributed by atoms with Crippen molar-refractivity contribution in [1.82, 2.24) is 14.1 Å². The standard InChI is InChI=1S/C25H25FN4O3/c1-17-12-30(16-27-17)23-9-8-21(11-24(23)33-3)28-22-10-19(15-32-2)14-29(25(22)31)13-18-4-6-20(26)7-5-18/h4-12,14,16,28H,13,15H2,1-3H3. The first-order valence-corrected chi connectivity index (χ1v) is 10.4. The number of anilines is 2. The summed E-state index contributed by atoms with van der Waals surface area (Å²) in [6.45, 7) is 2.58. The number of ether oxygens (including phenoxy) is 2. The SMILES string of the molecule is COCc1cc(Nc2ccc(-n3cnc(C)c3)c(OC)c2)c(=O)n(Cc2ccc(F)cc2)c1. The van der Waals surface area contributed by atoms with Crippen molar-refractivity contribution in [3.8, 4) is 11.4 Å². The fourth-order valence-corrected chi connectivity index (χ4v) is 3.61. The van der Waals surface area contributed by atoms with Crippen LogP contribution in [0, 0.1) is 12.7 Å². The van der Waals surface area contributed by atoms with Gasteiger partial charge in [-0.1, -0.05) is 12.1 Å². The van der Waals surface area contributed by atoms with Gasteiger partial charge in [-0.05, 0) is 48.4 Å². The lowest BCUT2D eigenvalue weighted by Crippen LogP contribution is -2.23. The Labute approximate surface area is 191 Å². The number of nitrogens with zero attached hydrogens (tertiary/aromatic N) is 3. The van der Waals surface area contributed by atoms with Crippen LogP contribution in [0.3, 0.4) is 0 Å². The van der Waals surface area contributed by atoms with Crippen LogP contribution in [0.5, 0.6) is 5.75 Å². The summed E-state index contributed by atoms with van der Waals surface area (Å²) in [4.78, 5) is 17.4. The zero-order valence-electron chi connectivity index (χ0n) is 18.7. The fourth-order valence-electron chi connectivity index (χ4n) is 3.61. The van der Waals surface area contributed by atoms with Gasteiger partial charge in [0.25, 0.3) is 5.56 Å². The van der Waals surface area contributed by atoms with E-state index in [9.17, 15) is 9.18 Å². The topological polar surface area (TPSA) is 70.3 Å². The maximum absolute atomic E-state index is 13.3. The molecule has 0 amide bonds. The first-order chi connectivity index (χ1) is 16.0. The van der Waals surface area contributed by atoms with Crippen LogP contribution >= 0.6 is 0 Å². The summed E-state index contributed by atoms with van der Waals surface area (Å²) in [7, 11) is 3.20. The van der Waals surface area contributed by atoms with Crippen molar-refractivity contribution in [1.29, 1.82) is 0 Å². The first-order valence-electron chi connectivity index (χ1n) is 10.4. The molecule has 0 saturated heterocycles. The highest BCUT2D eigenvalue weighted by atomic mass is 19.1. The lowest BCUT2D eigenvalue weighted by atomic mass is 10.2. The first kappa shape index (κ1) is 22.3. The maximum Gasteiger partial charge on any atom is 0.274 e. The van der Waals surface area contributed by atoms with Gasteiger partial charge >= 0.3 is 0 Å². The number of methoxy groups -OCH3 is 2. The Bertz CT molecular complexity index is 1310. The van der Waals surface area contributed by atoms with Crippen LogP contribution in [0.1, 0.15) is 16.8 Å². The molecule has 2 heterocycles. The number of halogens is 1. The third-order valence-corrected chi connectivity index (χ3v) is 5.17. The van der Waals surface area contributed by atoms with Gasteiger partial charge in [-0.15, -0.1) is 0 Å². The fraction of sp³-hybridized carbons (Fsp3) is 0.200. The third-order valence-electron chi connectivity index (χ3n) is 5.17. The lowest BCUT2D eigenvalue weighted by molar-refractivity contribution is 0.184. The van der Waals surface area contributed by atoms with Gasteiger partial charge in [-0.3, -0.25) is 4.79 Å². The molecule has 0 aliphatic carbocycles. The Hall–Kier alpha value is -3.91. The summed E-state index contributed by atoms with van der Waals surface area (Å²) in [6, 6.07) is 13.5. The van der Waals surface area contributed by atoms with Crippen LogP contribution in [0.4, 0.5) is 15.8 Å². The number of pyridine rings is 1. The number of rotatable bonds is 8. The highest BCUT2D eigenvalue weighted by Crippen LogP contribution is 2.28. The number of aryl methyl sites for hydroxylation is 1. The predicted molar refractivity (Wildman–Crippen MR) is 125 cm³/mol. The molecule has 0 bridgehead atoms. The zero-order valence-corrected chi connectivity index (χ0v) is 18.7. The lowest BCUT2D eigenvalue weighted by Gasteiger charge is -2.15. The Morgan fingerprint density at radius 1 is 1.03 bits per heavy atom. The number of imidazole rings is 1. The molecule has 0 atom stereocenters. The van der Waals surface area contributed by atoms with E-state index in [1.54, 1.807) is 49.5 Å². The highest BCUT2D eigenvalue weighted by Gasteiger charge is 2.11. The quantitative estimate of drug-likeness (QED) is 0.432. The molecule has 7 nitrogen and oxygen atoms in total. The number of aromatic nitrogens is 3. The second-order valence-corrected chi connectivity index (χ2v) is 7.69. The summed E-state index contributed by atoms with van der Waals surface area (Å²) in [5.41, 5.74) is 4.29. The Balaban J connectivity index is 1.67. The van der Waals surface area contributed by atoms with Crippen LogP contribution < -0.4 is 15.6 Å². The van der Waals surface area contributed by atoms with Gasteiger partial charge in [0.2, 0.25) is 0 Å².